The third kappa shape index (κ3) is 2.62. The van der Waals surface area contributed by atoms with Crippen molar-refractivity contribution in [3.8, 4) is 0 Å². The molecular weight excluding hydrogens is 236 g/mol. The van der Waals surface area contributed by atoms with Gasteiger partial charge in [-0.25, -0.2) is 9.48 Å². The first kappa shape index (κ1) is 12.0. The van der Waals surface area contributed by atoms with Crippen molar-refractivity contribution in [1.82, 2.24) is 19.6 Å². The van der Waals surface area contributed by atoms with Crippen LogP contribution < -0.4 is 5.56 Å². The number of aromatic nitrogens is 4. The number of nitrogens with zero attached hydrogens (tertiary/aromatic N) is 4. The zero-order chi connectivity index (χ0) is 13.0. The first-order chi connectivity index (χ1) is 8.70. The maximum atomic E-state index is 11.4. The lowest BCUT2D eigenvalue weighted by molar-refractivity contribution is 0.0594. The second kappa shape index (κ2) is 5.26. The van der Waals surface area contributed by atoms with E-state index in [1.807, 2.05) is 0 Å². The fraction of sp³-hybridized carbons (Fsp3) is 0.273. The van der Waals surface area contributed by atoms with Crippen molar-refractivity contribution >= 4 is 5.97 Å². The zero-order valence-electron chi connectivity index (χ0n) is 9.81. The highest BCUT2D eigenvalue weighted by Gasteiger charge is 2.10. The standard InChI is InChI=1S/C11H12N4O3/c1-18-11(17)9-8-15(13-12-9)7-6-14-5-3-2-4-10(14)16/h2-5,8H,6-7H2,1H3. The Morgan fingerprint density at radius 1 is 1.39 bits per heavy atom. The van der Waals surface area contributed by atoms with Gasteiger partial charge in [0.1, 0.15) is 0 Å². The molecule has 0 fully saturated rings. The van der Waals surface area contributed by atoms with Gasteiger partial charge in [0.2, 0.25) is 0 Å². The summed E-state index contributed by atoms with van der Waals surface area (Å²) in [6.07, 6.45) is 3.18. The lowest BCUT2D eigenvalue weighted by atomic mass is 10.4. The highest BCUT2D eigenvalue weighted by atomic mass is 16.5. The van der Waals surface area contributed by atoms with Crippen LogP contribution in [-0.4, -0.2) is 32.6 Å². The molecule has 2 heterocycles. The molecule has 0 aliphatic rings. The summed E-state index contributed by atoms with van der Waals surface area (Å²) in [5.41, 5.74) is 0.0729. The minimum Gasteiger partial charge on any atom is -0.464 e. The third-order valence-corrected chi connectivity index (χ3v) is 2.40. The quantitative estimate of drug-likeness (QED) is 0.707. The van der Waals surface area contributed by atoms with Gasteiger partial charge in [-0.15, -0.1) is 5.10 Å². The van der Waals surface area contributed by atoms with Gasteiger partial charge < -0.3 is 9.30 Å². The summed E-state index contributed by atoms with van der Waals surface area (Å²) in [5.74, 6) is -0.530. The molecule has 0 atom stereocenters. The largest absolute Gasteiger partial charge is 0.464 e. The topological polar surface area (TPSA) is 79.0 Å². The first-order valence-corrected chi connectivity index (χ1v) is 5.34. The Labute approximate surface area is 103 Å². The van der Waals surface area contributed by atoms with E-state index in [-0.39, 0.29) is 11.3 Å². The van der Waals surface area contributed by atoms with E-state index in [0.29, 0.717) is 13.1 Å². The van der Waals surface area contributed by atoms with Gasteiger partial charge >= 0.3 is 5.97 Å². The molecule has 0 aliphatic carbocycles. The molecule has 0 spiro atoms. The van der Waals surface area contributed by atoms with Crippen LogP contribution in [0.2, 0.25) is 0 Å². The monoisotopic (exact) mass is 248 g/mol. The minimum absolute atomic E-state index is 0.0780. The van der Waals surface area contributed by atoms with Gasteiger partial charge in [-0.05, 0) is 6.07 Å². The van der Waals surface area contributed by atoms with E-state index in [4.69, 9.17) is 0 Å². The van der Waals surface area contributed by atoms with Gasteiger partial charge in [0.15, 0.2) is 5.69 Å². The molecule has 7 heteroatoms. The Morgan fingerprint density at radius 3 is 2.94 bits per heavy atom. The average Bonchev–Trinajstić information content (AvgIpc) is 2.86. The molecule has 0 amide bonds. The number of aryl methyl sites for hydroxylation is 2. The molecule has 7 nitrogen and oxygen atoms in total. The van der Waals surface area contributed by atoms with Crippen LogP contribution in [0.25, 0.3) is 0 Å². The Bertz CT molecular complexity index is 602. The predicted molar refractivity (Wildman–Crippen MR) is 62.1 cm³/mol. The summed E-state index contributed by atoms with van der Waals surface area (Å²) < 4.78 is 7.57. The van der Waals surface area contributed by atoms with E-state index in [2.05, 4.69) is 15.0 Å². The first-order valence-electron chi connectivity index (χ1n) is 5.34. The van der Waals surface area contributed by atoms with Crippen LogP contribution in [-0.2, 0) is 17.8 Å². The molecule has 18 heavy (non-hydrogen) atoms. The van der Waals surface area contributed by atoms with E-state index in [0.717, 1.165) is 0 Å². The Morgan fingerprint density at radius 2 is 2.22 bits per heavy atom. The van der Waals surface area contributed by atoms with E-state index in [9.17, 15) is 9.59 Å². The summed E-state index contributed by atoms with van der Waals surface area (Å²) in [7, 11) is 1.28. The van der Waals surface area contributed by atoms with Crippen molar-refractivity contribution in [3.05, 3.63) is 46.6 Å². The third-order valence-electron chi connectivity index (χ3n) is 2.40. The molecule has 0 saturated carbocycles. The number of pyridine rings is 1. The van der Waals surface area contributed by atoms with Gasteiger partial charge in [0.25, 0.3) is 5.56 Å². The number of hydrogen-bond donors (Lipinski definition) is 0. The number of carbonyl (C=O) groups excluding carboxylic acids is 1. The highest BCUT2D eigenvalue weighted by Crippen LogP contribution is 1.96. The number of carbonyl (C=O) groups is 1. The summed E-state index contributed by atoms with van der Waals surface area (Å²) >= 11 is 0. The molecule has 0 aromatic carbocycles. The maximum absolute atomic E-state index is 11.4. The van der Waals surface area contributed by atoms with E-state index < -0.39 is 5.97 Å². The van der Waals surface area contributed by atoms with Crippen molar-refractivity contribution in [2.45, 2.75) is 13.1 Å². The normalized spacial score (nSPS) is 10.3. The van der Waals surface area contributed by atoms with Crippen LogP contribution in [0, 0.1) is 0 Å². The van der Waals surface area contributed by atoms with Crippen LogP contribution in [0.1, 0.15) is 10.5 Å². The number of methoxy groups -OCH3 is 1. The predicted octanol–water partition coefficient (Wildman–Crippen LogP) is -0.0734. The lowest BCUT2D eigenvalue weighted by Crippen LogP contribution is -2.20. The number of hydrogen-bond acceptors (Lipinski definition) is 5. The van der Waals surface area contributed by atoms with Crippen molar-refractivity contribution < 1.29 is 9.53 Å². The smallest absolute Gasteiger partial charge is 0.360 e. The van der Waals surface area contributed by atoms with Crippen LogP contribution >= 0.6 is 0 Å². The van der Waals surface area contributed by atoms with E-state index in [1.165, 1.54) is 24.1 Å². The molecule has 0 unspecified atom stereocenters. The van der Waals surface area contributed by atoms with Crippen molar-refractivity contribution in [3.63, 3.8) is 0 Å². The molecule has 2 aromatic rings. The minimum atomic E-state index is -0.530. The molecule has 0 bridgehead atoms. The number of ether oxygens (including phenoxy) is 1. The zero-order valence-corrected chi connectivity index (χ0v) is 9.81. The van der Waals surface area contributed by atoms with Crippen LogP contribution in [0.3, 0.4) is 0 Å². The van der Waals surface area contributed by atoms with E-state index >= 15 is 0 Å². The molecule has 0 saturated heterocycles. The Balaban J connectivity index is 2.03. The van der Waals surface area contributed by atoms with Crippen LogP contribution in [0.4, 0.5) is 0 Å². The van der Waals surface area contributed by atoms with Crippen LogP contribution in [0.15, 0.2) is 35.4 Å². The van der Waals surface area contributed by atoms with Crippen LogP contribution in [0.5, 0.6) is 0 Å². The summed E-state index contributed by atoms with van der Waals surface area (Å²) in [6.45, 7) is 0.914. The molecule has 94 valence electrons. The van der Waals surface area contributed by atoms with Crippen molar-refractivity contribution in [2.24, 2.45) is 0 Å². The average molecular weight is 248 g/mol. The molecule has 0 N–H and O–H groups in total. The fourth-order valence-electron chi connectivity index (χ4n) is 1.46. The van der Waals surface area contributed by atoms with Crippen molar-refractivity contribution in [1.29, 1.82) is 0 Å². The fourth-order valence-corrected chi connectivity index (χ4v) is 1.46. The lowest BCUT2D eigenvalue weighted by Gasteiger charge is -2.03. The molecule has 2 rings (SSSR count). The molecule has 2 aromatic heterocycles. The molecule has 0 aliphatic heterocycles. The van der Waals surface area contributed by atoms with E-state index in [1.54, 1.807) is 22.9 Å². The number of esters is 1. The SMILES string of the molecule is COC(=O)c1cn(CCn2ccccc2=O)nn1. The number of rotatable bonds is 4. The van der Waals surface area contributed by atoms with Gasteiger partial charge in [-0.2, -0.15) is 0 Å². The van der Waals surface area contributed by atoms with Gasteiger partial charge in [-0.1, -0.05) is 11.3 Å². The summed E-state index contributed by atoms with van der Waals surface area (Å²) in [4.78, 5) is 22.6. The molecule has 0 radical (unpaired) electrons. The van der Waals surface area contributed by atoms with Crippen molar-refractivity contribution in [2.75, 3.05) is 7.11 Å². The second-order valence-corrected chi connectivity index (χ2v) is 3.59. The van der Waals surface area contributed by atoms with Gasteiger partial charge in [-0.3, -0.25) is 4.79 Å². The Kier molecular flexibility index (Phi) is 3.52. The summed E-state index contributed by atoms with van der Waals surface area (Å²) in [5, 5.41) is 7.45. The molecular formula is C11H12N4O3. The maximum Gasteiger partial charge on any atom is 0.360 e. The highest BCUT2D eigenvalue weighted by molar-refractivity contribution is 5.86. The van der Waals surface area contributed by atoms with Gasteiger partial charge in [0, 0.05) is 18.8 Å². The Hall–Kier alpha value is -2.44. The second-order valence-electron chi connectivity index (χ2n) is 3.59. The van der Waals surface area contributed by atoms with Gasteiger partial charge in [0.05, 0.1) is 19.9 Å². The summed E-state index contributed by atoms with van der Waals surface area (Å²) in [6, 6.07) is 4.95.